The highest BCUT2D eigenvalue weighted by Gasteiger charge is 2.55. The van der Waals surface area contributed by atoms with Crippen LogP contribution >= 0.6 is 34.8 Å². The van der Waals surface area contributed by atoms with E-state index in [-0.39, 0.29) is 0 Å². The van der Waals surface area contributed by atoms with Crippen molar-refractivity contribution in [1.82, 2.24) is 0 Å². The number of alkyl halides is 3. The van der Waals surface area contributed by atoms with Crippen molar-refractivity contribution in [3.05, 3.63) is 0 Å². The van der Waals surface area contributed by atoms with Crippen LogP contribution in [0.4, 0.5) is 0 Å². The van der Waals surface area contributed by atoms with Crippen LogP contribution in [0.25, 0.3) is 0 Å². The molecule has 4 heteroatoms. The van der Waals surface area contributed by atoms with Gasteiger partial charge < -0.3 is 5.11 Å². The van der Waals surface area contributed by atoms with Gasteiger partial charge in [0.05, 0.1) is 0 Å². The quantitative estimate of drug-likeness (QED) is 0.558. The van der Waals surface area contributed by atoms with Gasteiger partial charge in [-0.3, -0.25) is 0 Å². The van der Waals surface area contributed by atoms with Gasteiger partial charge in [-0.2, -0.15) is 0 Å². The zero-order chi connectivity index (χ0) is 6.41. The summed E-state index contributed by atoms with van der Waals surface area (Å²) in [6, 6.07) is 0. The fraction of sp³-hybridized carbons (Fsp3) is 1.00. The van der Waals surface area contributed by atoms with Crippen LogP contribution in [0.1, 0.15) is 12.8 Å². The SMILES string of the molecule is OC1(Cl)CCC1(Cl)Cl. The summed E-state index contributed by atoms with van der Waals surface area (Å²) in [6.45, 7) is 0. The van der Waals surface area contributed by atoms with E-state index in [9.17, 15) is 0 Å². The lowest BCUT2D eigenvalue weighted by Crippen LogP contribution is -2.51. The molecule has 1 rings (SSSR count). The van der Waals surface area contributed by atoms with Crippen molar-refractivity contribution in [1.29, 1.82) is 0 Å². The lowest BCUT2D eigenvalue weighted by molar-refractivity contribution is 0.0375. The van der Waals surface area contributed by atoms with Crippen molar-refractivity contribution in [2.45, 2.75) is 22.2 Å². The van der Waals surface area contributed by atoms with Gasteiger partial charge in [-0.05, 0) is 12.8 Å². The third kappa shape index (κ3) is 0.820. The largest absolute Gasteiger partial charge is 0.372 e. The van der Waals surface area contributed by atoms with Gasteiger partial charge in [-0.15, -0.1) is 0 Å². The van der Waals surface area contributed by atoms with Crippen LogP contribution < -0.4 is 0 Å². The molecule has 0 amide bonds. The maximum atomic E-state index is 8.94. The van der Waals surface area contributed by atoms with E-state index in [1.807, 2.05) is 0 Å². The number of hydrogen-bond acceptors (Lipinski definition) is 1. The van der Waals surface area contributed by atoms with Crippen molar-refractivity contribution >= 4 is 34.8 Å². The minimum absolute atomic E-state index is 0.474. The Labute approximate surface area is 62.5 Å². The molecule has 48 valence electrons. The smallest absolute Gasteiger partial charge is 0.171 e. The van der Waals surface area contributed by atoms with Crippen molar-refractivity contribution in [2.24, 2.45) is 0 Å². The molecule has 0 heterocycles. The van der Waals surface area contributed by atoms with E-state index in [1.54, 1.807) is 0 Å². The summed E-state index contributed by atoms with van der Waals surface area (Å²) >= 11 is 16.3. The second-order valence-corrected chi connectivity index (χ2v) is 4.07. The van der Waals surface area contributed by atoms with Crippen LogP contribution in [0.5, 0.6) is 0 Å². The molecule has 0 aromatic rings. The first-order valence-electron chi connectivity index (χ1n) is 2.25. The molecule has 1 N–H and O–H groups in total. The Hall–Kier alpha value is 0.830. The third-order valence-electron chi connectivity index (χ3n) is 1.33. The minimum Gasteiger partial charge on any atom is -0.372 e. The van der Waals surface area contributed by atoms with E-state index in [2.05, 4.69) is 0 Å². The zero-order valence-corrected chi connectivity index (χ0v) is 6.26. The fourth-order valence-corrected chi connectivity index (χ4v) is 1.09. The molecule has 1 saturated carbocycles. The summed E-state index contributed by atoms with van der Waals surface area (Å²) in [7, 11) is 0. The Morgan fingerprint density at radius 1 is 1.12 bits per heavy atom. The fourth-order valence-electron chi connectivity index (χ4n) is 0.520. The first-order valence-corrected chi connectivity index (χ1v) is 3.38. The van der Waals surface area contributed by atoms with Gasteiger partial charge in [-0.1, -0.05) is 34.8 Å². The molecule has 0 aromatic carbocycles. The molecular weight excluding hydrogens is 170 g/mol. The van der Waals surface area contributed by atoms with Gasteiger partial charge in [-0.25, -0.2) is 0 Å². The highest BCUT2D eigenvalue weighted by molar-refractivity contribution is 6.54. The molecule has 0 aromatic heterocycles. The van der Waals surface area contributed by atoms with Crippen LogP contribution in [0.15, 0.2) is 0 Å². The predicted molar refractivity (Wildman–Crippen MR) is 34.5 cm³/mol. The van der Waals surface area contributed by atoms with E-state index in [4.69, 9.17) is 39.9 Å². The zero-order valence-electron chi connectivity index (χ0n) is 4.00. The topological polar surface area (TPSA) is 20.2 Å². The van der Waals surface area contributed by atoms with E-state index < -0.39 is 9.39 Å². The van der Waals surface area contributed by atoms with Gasteiger partial charge in [0.25, 0.3) is 0 Å². The maximum absolute atomic E-state index is 8.94. The van der Waals surface area contributed by atoms with Crippen molar-refractivity contribution in [2.75, 3.05) is 0 Å². The summed E-state index contributed by atoms with van der Waals surface area (Å²) in [4.78, 5) is 0. The van der Waals surface area contributed by atoms with Crippen LogP contribution in [-0.2, 0) is 0 Å². The summed E-state index contributed by atoms with van der Waals surface area (Å²) < 4.78 is -1.12. The number of aliphatic hydroxyl groups is 1. The van der Waals surface area contributed by atoms with Gasteiger partial charge >= 0.3 is 0 Å². The lowest BCUT2D eigenvalue weighted by Gasteiger charge is -2.42. The number of rotatable bonds is 0. The van der Waals surface area contributed by atoms with Crippen LogP contribution in [0.2, 0.25) is 0 Å². The van der Waals surface area contributed by atoms with Crippen LogP contribution in [0.3, 0.4) is 0 Å². The normalized spacial score (nSPS) is 43.5. The summed E-state index contributed by atoms with van der Waals surface area (Å²) in [6.07, 6.45) is 1.04. The summed E-state index contributed by atoms with van der Waals surface area (Å²) in [5.74, 6) is 0. The lowest BCUT2D eigenvalue weighted by atomic mass is 9.94. The molecule has 1 aliphatic rings. The Kier molecular flexibility index (Phi) is 1.44. The summed E-state index contributed by atoms with van der Waals surface area (Å²) in [5, 5.41) is 7.56. The van der Waals surface area contributed by atoms with Gasteiger partial charge in [0, 0.05) is 0 Å². The molecule has 1 unspecified atom stereocenters. The van der Waals surface area contributed by atoms with Crippen molar-refractivity contribution in [3.63, 3.8) is 0 Å². The molecule has 1 nitrogen and oxygen atoms in total. The molecule has 1 fully saturated rings. The molecular formula is C4H5Cl3O. The number of hydrogen-bond donors (Lipinski definition) is 1. The molecule has 0 saturated heterocycles. The van der Waals surface area contributed by atoms with E-state index in [0.717, 1.165) is 0 Å². The van der Waals surface area contributed by atoms with Crippen LogP contribution in [-0.4, -0.2) is 14.5 Å². The monoisotopic (exact) mass is 174 g/mol. The predicted octanol–water partition coefficient (Wildman–Crippen LogP) is 1.88. The first kappa shape index (κ1) is 6.94. The minimum atomic E-state index is -1.38. The van der Waals surface area contributed by atoms with E-state index >= 15 is 0 Å². The summed E-state index contributed by atoms with van der Waals surface area (Å²) in [5.41, 5.74) is 0. The van der Waals surface area contributed by atoms with Crippen molar-refractivity contribution < 1.29 is 5.11 Å². The van der Waals surface area contributed by atoms with Crippen LogP contribution in [0, 0.1) is 0 Å². The highest BCUT2D eigenvalue weighted by atomic mass is 35.5. The molecule has 8 heavy (non-hydrogen) atoms. The van der Waals surface area contributed by atoms with E-state index in [0.29, 0.717) is 12.8 Å². The molecule has 0 radical (unpaired) electrons. The standard InChI is InChI=1S/C4H5Cl3O/c5-3(6)1-2-4(3,7)8/h8H,1-2H2. The second kappa shape index (κ2) is 1.66. The molecule has 1 atom stereocenters. The average molecular weight is 175 g/mol. The maximum Gasteiger partial charge on any atom is 0.171 e. The first-order chi connectivity index (χ1) is 3.46. The Morgan fingerprint density at radius 2 is 1.50 bits per heavy atom. The number of halogens is 3. The van der Waals surface area contributed by atoms with Gasteiger partial charge in [0.1, 0.15) is 0 Å². The van der Waals surface area contributed by atoms with Gasteiger partial charge in [0.2, 0.25) is 0 Å². The second-order valence-electron chi connectivity index (χ2n) is 1.96. The Balaban J connectivity index is 2.63. The van der Waals surface area contributed by atoms with Gasteiger partial charge in [0.15, 0.2) is 9.39 Å². The molecule has 0 bridgehead atoms. The molecule has 1 aliphatic carbocycles. The average Bonchev–Trinajstić information content (AvgIpc) is 1.64. The Morgan fingerprint density at radius 3 is 1.50 bits per heavy atom. The third-order valence-corrected chi connectivity index (χ3v) is 3.04. The highest BCUT2D eigenvalue weighted by Crippen LogP contribution is 2.53. The van der Waals surface area contributed by atoms with Crippen molar-refractivity contribution in [3.8, 4) is 0 Å². The Bertz CT molecular complexity index is 95.9. The molecule has 0 aliphatic heterocycles. The molecule has 0 spiro atoms. The van der Waals surface area contributed by atoms with E-state index in [1.165, 1.54) is 0 Å².